The Labute approximate surface area is 96.8 Å². The third-order valence-corrected chi connectivity index (χ3v) is 2.74. The fraction of sp³-hybridized carbons (Fsp3) is 0.909. The van der Waals surface area contributed by atoms with Gasteiger partial charge >= 0.3 is 5.97 Å². The molecule has 5 nitrogen and oxygen atoms in total. The van der Waals surface area contributed by atoms with Gasteiger partial charge in [0.25, 0.3) is 0 Å². The van der Waals surface area contributed by atoms with E-state index in [2.05, 4.69) is 5.32 Å². The van der Waals surface area contributed by atoms with Crippen molar-refractivity contribution in [2.24, 2.45) is 0 Å². The van der Waals surface area contributed by atoms with E-state index in [1.807, 2.05) is 13.8 Å². The summed E-state index contributed by atoms with van der Waals surface area (Å²) in [6.45, 7) is 5.34. The Morgan fingerprint density at radius 2 is 1.88 bits per heavy atom. The van der Waals surface area contributed by atoms with Crippen LogP contribution < -0.4 is 5.32 Å². The molecule has 0 radical (unpaired) electrons. The van der Waals surface area contributed by atoms with Crippen molar-refractivity contribution in [1.82, 2.24) is 5.32 Å². The molecule has 0 amide bonds. The van der Waals surface area contributed by atoms with E-state index < -0.39 is 11.6 Å². The molecule has 0 rings (SSSR count). The van der Waals surface area contributed by atoms with Gasteiger partial charge in [0.2, 0.25) is 0 Å². The normalized spacial score (nSPS) is 13.6. The lowest BCUT2D eigenvalue weighted by atomic mass is 9.96. The van der Waals surface area contributed by atoms with Gasteiger partial charge in [-0.1, -0.05) is 13.8 Å². The largest absolute Gasteiger partial charge is 0.465 e. The lowest BCUT2D eigenvalue weighted by molar-refractivity contribution is -0.146. The predicted molar refractivity (Wildman–Crippen MR) is 61.0 cm³/mol. The van der Waals surface area contributed by atoms with Gasteiger partial charge in [0.1, 0.15) is 6.04 Å². The van der Waals surface area contributed by atoms with Gasteiger partial charge in [-0.05, 0) is 19.8 Å². The molecule has 0 aliphatic heterocycles. The van der Waals surface area contributed by atoms with Gasteiger partial charge in [0.15, 0.2) is 0 Å². The molecule has 0 saturated heterocycles. The van der Waals surface area contributed by atoms with Crippen LogP contribution in [0.2, 0.25) is 0 Å². The predicted octanol–water partition coefficient (Wildman–Crippen LogP) is 0.0511. The SMILES string of the molecule is CCOC(=O)C(CC)NC(CC)(CO)CO. The fourth-order valence-electron chi connectivity index (χ4n) is 1.41. The summed E-state index contributed by atoms with van der Waals surface area (Å²) >= 11 is 0. The van der Waals surface area contributed by atoms with E-state index in [9.17, 15) is 15.0 Å². The van der Waals surface area contributed by atoms with E-state index in [0.717, 1.165) is 0 Å². The smallest absolute Gasteiger partial charge is 0.323 e. The number of nitrogens with one attached hydrogen (secondary N) is 1. The van der Waals surface area contributed by atoms with Crippen LogP contribution in [0.5, 0.6) is 0 Å². The Bertz CT molecular complexity index is 196. The first-order chi connectivity index (χ1) is 7.59. The zero-order chi connectivity index (χ0) is 12.6. The van der Waals surface area contributed by atoms with Gasteiger partial charge < -0.3 is 14.9 Å². The summed E-state index contributed by atoms with van der Waals surface area (Å²) in [6, 6.07) is -0.487. The average molecular weight is 233 g/mol. The summed E-state index contributed by atoms with van der Waals surface area (Å²) < 4.78 is 4.91. The lowest BCUT2D eigenvalue weighted by Crippen LogP contribution is -2.57. The molecule has 0 aliphatic rings. The Kier molecular flexibility index (Phi) is 7.29. The lowest BCUT2D eigenvalue weighted by Gasteiger charge is -2.33. The molecule has 5 heteroatoms. The molecule has 1 unspecified atom stereocenters. The highest BCUT2D eigenvalue weighted by molar-refractivity contribution is 5.75. The first kappa shape index (κ1) is 15.3. The first-order valence-electron chi connectivity index (χ1n) is 5.75. The molecule has 16 heavy (non-hydrogen) atoms. The van der Waals surface area contributed by atoms with E-state index in [4.69, 9.17) is 4.74 Å². The summed E-state index contributed by atoms with van der Waals surface area (Å²) in [6.07, 6.45) is 1.09. The summed E-state index contributed by atoms with van der Waals surface area (Å²) in [5.41, 5.74) is -0.812. The third-order valence-electron chi connectivity index (χ3n) is 2.74. The van der Waals surface area contributed by atoms with Gasteiger partial charge in [0.05, 0.1) is 25.4 Å². The number of hydrogen-bond acceptors (Lipinski definition) is 5. The number of aliphatic hydroxyl groups excluding tert-OH is 2. The number of aliphatic hydroxyl groups is 2. The number of hydrogen-bond donors (Lipinski definition) is 3. The Morgan fingerprint density at radius 3 is 2.19 bits per heavy atom. The highest BCUT2D eigenvalue weighted by Crippen LogP contribution is 2.11. The van der Waals surface area contributed by atoms with Crippen LogP contribution in [-0.4, -0.2) is 47.6 Å². The van der Waals surface area contributed by atoms with Crippen molar-refractivity contribution in [3.05, 3.63) is 0 Å². The Morgan fingerprint density at radius 1 is 1.31 bits per heavy atom. The molecule has 0 spiro atoms. The molecule has 0 heterocycles. The van der Waals surface area contributed by atoms with Crippen molar-refractivity contribution < 1.29 is 19.7 Å². The molecule has 3 N–H and O–H groups in total. The number of ether oxygens (including phenoxy) is 1. The second-order valence-corrected chi connectivity index (χ2v) is 3.81. The molecule has 0 aromatic heterocycles. The maximum atomic E-state index is 11.6. The quantitative estimate of drug-likeness (QED) is 0.516. The van der Waals surface area contributed by atoms with Crippen molar-refractivity contribution in [1.29, 1.82) is 0 Å². The van der Waals surface area contributed by atoms with Crippen LogP contribution in [-0.2, 0) is 9.53 Å². The molecule has 0 fully saturated rings. The molecule has 0 aromatic carbocycles. The topological polar surface area (TPSA) is 78.8 Å². The minimum absolute atomic E-state index is 0.212. The molecular weight excluding hydrogens is 210 g/mol. The van der Waals surface area contributed by atoms with Crippen molar-refractivity contribution in [2.45, 2.75) is 45.2 Å². The van der Waals surface area contributed by atoms with Gasteiger partial charge in [-0.15, -0.1) is 0 Å². The number of carbonyl (C=O) groups is 1. The molecule has 0 bridgehead atoms. The molecule has 1 atom stereocenters. The molecule has 0 aliphatic carbocycles. The summed E-state index contributed by atoms with van der Waals surface area (Å²) in [7, 11) is 0. The molecule has 0 aromatic rings. The van der Waals surface area contributed by atoms with E-state index >= 15 is 0 Å². The summed E-state index contributed by atoms with van der Waals surface area (Å²) in [5.74, 6) is -0.343. The van der Waals surface area contributed by atoms with Crippen LogP contribution in [0, 0.1) is 0 Å². The summed E-state index contributed by atoms with van der Waals surface area (Å²) in [5, 5.41) is 21.5. The van der Waals surface area contributed by atoms with Crippen molar-refractivity contribution in [2.75, 3.05) is 19.8 Å². The Hall–Kier alpha value is -0.650. The van der Waals surface area contributed by atoms with Crippen molar-refractivity contribution in [3.63, 3.8) is 0 Å². The van der Waals surface area contributed by atoms with E-state index in [1.54, 1.807) is 6.92 Å². The molecule has 0 saturated carbocycles. The number of carbonyl (C=O) groups excluding carboxylic acids is 1. The van der Waals surface area contributed by atoms with Gasteiger partial charge in [0, 0.05) is 0 Å². The zero-order valence-corrected chi connectivity index (χ0v) is 10.3. The third kappa shape index (κ3) is 4.08. The zero-order valence-electron chi connectivity index (χ0n) is 10.3. The van der Waals surface area contributed by atoms with Crippen LogP contribution in [0.1, 0.15) is 33.6 Å². The molecular formula is C11H23NO4. The second-order valence-electron chi connectivity index (χ2n) is 3.81. The highest BCUT2D eigenvalue weighted by Gasteiger charge is 2.32. The first-order valence-corrected chi connectivity index (χ1v) is 5.75. The second kappa shape index (κ2) is 7.60. The van der Waals surface area contributed by atoms with Crippen LogP contribution in [0.3, 0.4) is 0 Å². The maximum absolute atomic E-state index is 11.6. The van der Waals surface area contributed by atoms with Gasteiger partial charge in [-0.25, -0.2) is 0 Å². The van der Waals surface area contributed by atoms with Gasteiger partial charge in [-0.2, -0.15) is 0 Å². The molecule has 96 valence electrons. The van der Waals surface area contributed by atoms with Crippen molar-refractivity contribution in [3.8, 4) is 0 Å². The average Bonchev–Trinajstić information content (AvgIpc) is 2.32. The highest BCUT2D eigenvalue weighted by atomic mass is 16.5. The fourth-order valence-corrected chi connectivity index (χ4v) is 1.41. The van der Waals surface area contributed by atoms with Crippen LogP contribution in [0.25, 0.3) is 0 Å². The monoisotopic (exact) mass is 233 g/mol. The minimum atomic E-state index is -0.812. The van der Waals surface area contributed by atoms with Gasteiger partial charge in [-0.3, -0.25) is 10.1 Å². The Balaban J connectivity index is 4.54. The van der Waals surface area contributed by atoms with Crippen molar-refractivity contribution >= 4 is 5.97 Å². The van der Waals surface area contributed by atoms with E-state index in [0.29, 0.717) is 19.4 Å². The summed E-state index contributed by atoms with van der Waals surface area (Å²) in [4.78, 5) is 11.6. The van der Waals surface area contributed by atoms with Crippen LogP contribution in [0.4, 0.5) is 0 Å². The number of rotatable bonds is 8. The van der Waals surface area contributed by atoms with E-state index in [-0.39, 0.29) is 19.2 Å². The standard InChI is InChI=1S/C11H23NO4/c1-4-9(10(15)16-6-3)12-11(5-2,7-13)8-14/h9,12-14H,4-8H2,1-3H3. The number of esters is 1. The maximum Gasteiger partial charge on any atom is 0.323 e. The van der Waals surface area contributed by atoms with Crippen LogP contribution in [0.15, 0.2) is 0 Å². The minimum Gasteiger partial charge on any atom is -0.465 e. The van der Waals surface area contributed by atoms with Crippen LogP contribution >= 0.6 is 0 Å². The van der Waals surface area contributed by atoms with E-state index in [1.165, 1.54) is 0 Å².